The van der Waals surface area contributed by atoms with Crippen molar-refractivity contribution in [1.82, 2.24) is 5.32 Å². The first-order chi connectivity index (χ1) is 6.22. The van der Waals surface area contributed by atoms with Crippen LogP contribution in [0.25, 0.3) is 0 Å². The van der Waals surface area contributed by atoms with Crippen molar-refractivity contribution in [3.8, 4) is 0 Å². The molecule has 2 unspecified atom stereocenters. The highest BCUT2D eigenvalue weighted by Crippen LogP contribution is 2.00. The van der Waals surface area contributed by atoms with Crippen molar-refractivity contribution < 1.29 is 4.74 Å². The third kappa shape index (κ3) is 7.35. The Kier molecular flexibility index (Phi) is 9.03. The molecular formula is C10H23NOS. The molecule has 0 fully saturated rings. The summed E-state index contributed by atoms with van der Waals surface area (Å²) in [5.74, 6) is 1.27. The molecule has 0 rings (SSSR count). The van der Waals surface area contributed by atoms with Gasteiger partial charge in [-0.2, -0.15) is 11.8 Å². The summed E-state index contributed by atoms with van der Waals surface area (Å²) >= 11 is 1.92. The molecule has 0 aliphatic rings. The van der Waals surface area contributed by atoms with Gasteiger partial charge in [0.2, 0.25) is 0 Å². The van der Waals surface area contributed by atoms with Crippen LogP contribution in [-0.2, 0) is 4.74 Å². The Morgan fingerprint density at radius 2 is 2.00 bits per heavy atom. The SMILES string of the molecule is COC(C)C(C)NCCCCSC. The predicted octanol–water partition coefficient (Wildman–Crippen LogP) is 2.14. The zero-order valence-corrected chi connectivity index (χ0v) is 10.1. The van der Waals surface area contributed by atoms with Crippen LogP contribution in [0.2, 0.25) is 0 Å². The number of thioether (sulfide) groups is 1. The van der Waals surface area contributed by atoms with Gasteiger partial charge in [0.15, 0.2) is 0 Å². The number of hydrogen-bond acceptors (Lipinski definition) is 3. The maximum Gasteiger partial charge on any atom is 0.0693 e. The molecule has 0 aromatic heterocycles. The second kappa shape index (κ2) is 8.85. The second-order valence-corrected chi connectivity index (χ2v) is 4.37. The highest BCUT2D eigenvalue weighted by atomic mass is 32.2. The maximum absolute atomic E-state index is 5.22. The van der Waals surface area contributed by atoms with Crippen LogP contribution in [0.5, 0.6) is 0 Å². The van der Waals surface area contributed by atoms with E-state index >= 15 is 0 Å². The summed E-state index contributed by atoms with van der Waals surface area (Å²) < 4.78 is 5.22. The first-order valence-corrected chi connectivity index (χ1v) is 6.36. The molecule has 1 N–H and O–H groups in total. The average Bonchev–Trinajstić information content (AvgIpc) is 2.16. The van der Waals surface area contributed by atoms with Gasteiger partial charge in [0.05, 0.1) is 6.10 Å². The lowest BCUT2D eigenvalue weighted by atomic mass is 10.2. The lowest BCUT2D eigenvalue weighted by molar-refractivity contribution is 0.0888. The Balaban J connectivity index is 3.21. The summed E-state index contributed by atoms with van der Waals surface area (Å²) in [4.78, 5) is 0. The van der Waals surface area contributed by atoms with Crippen LogP contribution in [0, 0.1) is 0 Å². The van der Waals surface area contributed by atoms with Gasteiger partial charge >= 0.3 is 0 Å². The fourth-order valence-electron chi connectivity index (χ4n) is 1.07. The smallest absolute Gasteiger partial charge is 0.0693 e. The normalized spacial score (nSPS) is 15.7. The molecule has 3 heteroatoms. The standard InChI is InChI=1S/C10H23NOS/c1-9(10(2)12-3)11-7-5-6-8-13-4/h9-11H,5-8H2,1-4H3. The minimum atomic E-state index is 0.306. The lowest BCUT2D eigenvalue weighted by Crippen LogP contribution is -2.37. The summed E-state index contributed by atoms with van der Waals surface area (Å²) in [6.45, 7) is 5.37. The number of hydrogen-bond donors (Lipinski definition) is 1. The van der Waals surface area contributed by atoms with Crippen molar-refractivity contribution in [2.24, 2.45) is 0 Å². The van der Waals surface area contributed by atoms with Crippen LogP contribution in [0.4, 0.5) is 0 Å². The molecular weight excluding hydrogens is 182 g/mol. The van der Waals surface area contributed by atoms with Gasteiger partial charge in [-0.25, -0.2) is 0 Å². The van der Waals surface area contributed by atoms with E-state index in [1.165, 1.54) is 18.6 Å². The third-order valence-electron chi connectivity index (χ3n) is 2.32. The molecule has 13 heavy (non-hydrogen) atoms. The molecule has 0 radical (unpaired) electrons. The topological polar surface area (TPSA) is 21.3 Å². The fraction of sp³-hybridized carbons (Fsp3) is 1.00. The second-order valence-electron chi connectivity index (χ2n) is 3.38. The Labute approximate surface area is 86.8 Å². The van der Waals surface area contributed by atoms with Crippen molar-refractivity contribution in [1.29, 1.82) is 0 Å². The van der Waals surface area contributed by atoms with Crippen LogP contribution in [0.3, 0.4) is 0 Å². The zero-order chi connectivity index (χ0) is 10.1. The summed E-state index contributed by atoms with van der Waals surface area (Å²) in [6.07, 6.45) is 5.04. The van der Waals surface area contributed by atoms with Crippen LogP contribution in [0.15, 0.2) is 0 Å². The summed E-state index contributed by atoms with van der Waals surface area (Å²) in [7, 11) is 1.76. The van der Waals surface area contributed by atoms with Crippen molar-refractivity contribution in [2.75, 3.05) is 25.7 Å². The number of methoxy groups -OCH3 is 1. The number of rotatable bonds is 8. The quantitative estimate of drug-likeness (QED) is 0.614. The Bertz CT molecular complexity index is 111. The predicted molar refractivity (Wildman–Crippen MR) is 61.6 cm³/mol. The van der Waals surface area contributed by atoms with E-state index in [0.29, 0.717) is 12.1 Å². The first kappa shape index (κ1) is 13.3. The molecule has 0 saturated carbocycles. The van der Waals surface area contributed by atoms with Crippen molar-refractivity contribution in [3.05, 3.63) is 0 Å². The van der Waals surface area contributed by atoms with E-state index in [1.54, 1.807) is 7.11 Å². The molecule has 0 aliphatic carbocycles. The van der Waals surface area contributed by atoms with Gasteiger partial charge in [-0.1, -0.05) is 0 Å². The highest BCUT2D eigenvalue weighted by molar-refractivity contribution is 7.98. The van der Waals surface area contributed by atoms with E-state index < -0.39 is 0 Å². The summed E-state index contributed by atoms with van der Waals surface area (Å²) in [5, 5.41) is 3.46. The molecule has 0 saturated heterocycles. The molecule has 80 valence electrons. The van der Waals surface area contributed by atoms with Crippen LogP contribution in [0.1, 0.15) is 26.7 Å². The largest absolute Gasteiger partial charge is 0.380 e. The van der Waals surface area contributed by atoms with E-state index in [2.05, 4.69) is 25.4 Å². The van der Waals surface area contributed by atoms with Crippen LogP contribution >= 0.6 is 11.8 Å². The van der Waals surface area contributed by atoms with Gasteiger partial charge in [-0.3, -0.25) is 0 Å². The summed E-state index contributed by atoms with van der Waals surface area (Å²) in [6, 6.07) is 0.458. The third-order valence-corrected chi connectivity index (χ3v) is 3.01. The van der Waals surface area contributed by atoms with Gasteiger partial charge in [0, 0.05) is 13.2 Å². The van der Waals surface area contributed by atoms with E-state index in [-0.39, 0.29) is 0 Å². The van der Waals surface area contributed by atoms with Crippen molar-refractivity contribution in [2.45, 2.75) is 38.8 Å². The minimum absolute atomic E-state index is 0.306. The average molecular weight is 205 g/mol. The van der Waals surface area contributed by atoms with Crippen molar-refractivity contribution in [3.63, 3.8) is 0 Å². The van der Waals surface area contributed by atoms with Gasteiger partial charge in [-0.05, 0) is 45.2 Å². The summed E-state index contributed by atoms with van der Waals surface area (Å²) in [5.41, 5.74) is 0. The van der Waals surface area contributed by atoms with Crippen LogP contribution in [-0.4, -0.2) is 37.8 Å². The van der Waals surface area contributed by atoms with Gasteiger partial charge < -0.3 is 10.1 Å². The molecule has 0 bridgehead atoms. The Morgan fingerprint density at radius 3 is 2.54 bits per heavy atom. The number of ether oxygens (including phenoxy) is 1. The molecule has 0 amide bonds. The number of unbranched alkanes of at least 4 members (excludes halogenated alkanes) is 1. The molecule has 2 atom stereocenters. The van der Waals surface area contributed by atoms with Gasteiger partial charge in [0.1, 0.15) is 0 Å². The van der Waals surface area contributed by atoms with E-state index in [1.807, 2.05) is 11.8 Å². The Hall–Kier alpha value is 0.270. The van der Waals surface area contributed by atoms with Crippen molar-refractivity contribution >= 4 is 11.8 Å². The molecule has 0 aromatic carbocycles. The van der Waals surface area contributed by atoms with Gasteiger partial charge in [0.25, 0.3) is 0 Å². The monoisotopic (exact) mass is 205 g/mol. The molecule has 0 heterocycles. The van der Waals surface area contributed by atoms with E-state index in [9.17, 15) is 0 Å². The molecule has 0 spiro atoms. The minimum Gasteiger partial charge on any atom is -0.380 e. The molecule has 0 aromatic rings. The zero-order valence-electron chi connectivity index (χ0n) is 9.30. The highest BCUT2D eigenvalue weighted by Gasteiger charge is 2.08. The van der Waals surface area contributed by atoms with E-state index in [0.717, 1.165) is 6.54 Å². The maximum atomic E-state index is 5.22. The lowest BCUT2D eigenvalue weighted by Gasteiger charge is -2.19. The first-order valence-electron chi connectivity index (χ1n) is 4.97. The van der Waals surface area contributed by atoms with Crippen LogP contribution < -0.4 is 5.32 Å². The fourth-order valence-corrected chi connectivity index (χ4v) is 1.56. The van der Waals surface area contributed by atoms with Gasteiger partial charge in [-0.15, -0.1) is 0 Å². The molecule has 2 nitrogen and oxygen atoms in total. The molecule has 0 aliphatic heterocycles. The number of nitrogens with one attached hydrogen (secondary N) is 1. The van der Waals surface area contributed by atoms with E-state index in [4.69, 9.17) is 4.74 Å². The Morgan fingerprint density at radius 1 is 1.31 bits per heavy atom.